The highest BCUT2D eigenvalue weighted by Gasteiger charge is 2.13. The zero-order valence-electron chi connectivity index (χ0n) is 14.5. The number of imidazole rings is 1. The molecule has 0 fully saturated rings. The molecule has 4 aromatic rings. The van der Waals surface area contributed by atoms with Crippen LogP contribution in [-0.2, 0) is 0 Å². The molecule has 0 atom stereocenters. The Kier molecular flexibility index (Phi) is 3.57. The summed E-state index contributed by atoms with van der Waals surface area (Å²) in [6.07, 6.45) is 8.23. The van der Waals surface area contributed by atoms with Crippen molar-refractivity contribution in [3.63, 3.8) is 0 Å². The van der Waals surface area contributed by atoms with Gasteiger partial charge in [0.1, 0.15) is 5.65 Å². The molecule has 5 heteroatoms. The minimum Gasteiger partial charge on any atom is -0.303 e. The molecule has 4 rings (SSSR count). The molecule has 0 unspecified atom stereocenters. The molecule has 5 nitrogen and oxygen atoms in total. The molecule has 0 aliphatic rings. The van der Waals surface area contributed by atoms with Crippen LogP contribution >= 0.6 is 0 Å². The number of aromatic nitrogens is 4. The van der Waals surface area contributed by atoms with Crippen LogP contribution in [0.25, 0.3) is 27.7 Å². The van der Waals surface area contributed by atoms with E-state index >= 15 is 0 Å². The highest BCUT2D eigenvalue weighted by molar-refractivity contribution is 5.97. The van der Waals surface area contributed by atoms with Gasteiger partial charge in [-0.15, -0.1) is 0 Å². The van der Waals surface area contributed by atoms with E-state index in [0.717, 1.165) is 44.6 Å². The Morgan fingerprint density at radius 2 is 1.88 bits per heavy atom. The molecular weight excluding hydrogens is 310 g/mol. The maximum Gasteiger partial charge on any atom is 0.145 e. The maximum atomic E-state index is 8.00. The smallest absolute Gasteiger partial charge is 0.145 e. The van der Waals surface area contributed by atoms with Gasteiger partial charge in [0.2, 0.25) is 0 Å². The SMILES string of the molecule is CCC(=N)c1cc(C)c(-c2cc3cnc(C)cc3n3ccnc23)cn1. The average Bonchev–Trinajstić information content (AvgIpc) is 3.11. The molecule has 0 radical (unpaired) electrons. The predicted octanol–water partition coefficient (Wildman–Crippen LogP) is 4.34. The van der Waals surface area contributed by atoms with Gasteiger partial charge in [-0.3, -0.25) is 14.4 Å². The van der Waals surface area contributed by atoms with E-state index in [1.165, 1.54) is 0 Å². The highest BCUT2D eigenvalue weighted by Crippen LogP contribution is 2.30. The summed E-state index contributed by atoms with van der Waals surface area (Å²) in [4.78, 5) is 13.5. The molecule has 0 aliphatic carbocycles. The number of hydrogen-bond acceptors (Lipinski definition) is 4. The van der Waals surface area contributed by atoms with E-state index < -0.39 is 0 Å². The number of aryl methyl sites for hydroxylation is 2. The number of hydrogen-bond donors (Lipinski definition) is 1. The van der Waals surface area contributed by atoms with Gasteiger partial charge in [-0.25, -0.2) is 4.98 Å². The number of rotatable bonds is 3. The minimum atomic E-state index is 0.554. The van der Waals surface area contributed by atoms with Crippen LogP contribution in [0.2, 0.25) is 0 Å². The number of nitrogens with zero attached hydrogens (tertiary/aromatic N) is 4. The first kappa shape index (κ1) is 15.4. The molecule has 25 heavy (non-hydrogen) atoms. The lowest BCUT2D eigenvalue weighted by molar-refractivity contribution is 1.17. The summed E-state index contributed by atoms with van der Waals surface area (Å²) in [5, 5.41) is 9.06. The fourth-order valence-corrected chi connectivity index (χ4v) is 3.18. The summed E-state index contributed by atoms with van der Waals surface area (Å²) in [6, 6.07) is 6.18. The summed E-state index contributed by atoms with van der Waals surface area (Å²) in [7, 11) is 0. The second-order valence-electron chi connectivity index (χ2n) is 6.28. The standard InChI is InChI=1S/C20H19N5/c1-4-17(21)18-7-12(2)16(11-24-18)15-9-14-10-23-13(3)8-19(14)25-6-5-22-20(15)25/h5-11,21H,4H2,1-3H3. The first-order valence-corrected chi connectivity index (χ1v) is 8.35. The summed E-state index contributed by atoms with van der Waals surface area (Å²) in [6.45, 7) is 6.02. The molecule has 4 aromatic heterocycles. The summed E-state index contributed by atoms with van der Waals surface area (Å²) >= 11 is 0. The maximum absolute atomic E-state index is 8.00. The van der Waals surface area contributed by atoms with Crippen molar-refractivity contribution < 1.29 is 0 Å². The van der Waals surface area contributed by atoms with Crippen molar-refractivity contribution in [2.75, 3.05) is 0 Å². The van der Waals surface area contributed by atoms with Crippen LogP contribution in [0, 0.1) is 19.3 Å². The number of fused-ring (bicyclic) bond motifs is 3. The molecule has 0 aromatic carbocycles. The zero-order valence-corrected chi connectivity index (χ0v) is 14.5. The van der Waals surface area contributed by atoms with Crippen molar-refractivity contribution in [1.82, 2.24) is 19.4 Å². The molecule has 4 heterocycles. The Hall–Kier alpha value is -3.08. The van der Waals surface area contributed by atoms with Crippen LogP contribution in [0.15, 0.2) is 43.0 Å². The predicted molar refractivity (Wildman–Crippen MR) is 100 cm³/mol. The summed E-state index contributed by atoms with van der Waals surface area (Å²) in [5.41, 5.74) is 7.43. The average molecular weight is 329 g/mol. The fourth-order valence-electron chi connectivity index (χ4n) is 3.18. The van der Waals surface area contributed by atoms with E-state index in [1.807, 2.05) is 44.7 Å². The monoisotopic (exact) mass is 329 g/mol. The van der Waals surface area contributed by atoms with Crippen LogP contribution in [0.5, 0.6) is 0 Å². The molecule has 1 N–H and O–H groups in total. The van der Waals surface area contributed by atoms with E-state index in [1.54, 1.807) is 0 Å². The quantitative estimate of drug-likeness (QED) is 0.569. The minimum absolute atomic E-state index is 0.554. The second-order valence-corrected chi connectivity index (χ2v) is 6.28. The fraction of sp³-hybridized carbons (Fsp3) is 0.200. The highest BCUT2D eigenvalue weighted by atomic mass is 15.0. The zero-order chi connectivity index (χ0) is 17.6. The van der Waals surface area contributed by atoms with Crippen LogP contribution in [-0.4, -0.2) is 25.1 Å². The number of nitrogens with one attached hydrogen (secondary N) is 1. The van der Waals surface area contributed by atoms with Crippen molar-refractivity contribution in [3.05, 3.63) is 59.9 Å². The van der Waals surface area contributed by atoms with Crippen molar-refractivity contribution >= 4 is 22.3 Å². The van der Waals surface area contributed by atoms with Crippen LogP contribution in [0.1, 0.15) is 30.3 Å². The third kappa shape index (κ3) is 2.48. The van der Waals surface area contributed by atoms with Crippen LogP contribution in [0.4, 0.5) is 0 Å². The Labute approximate surface area is 145 Å². The van der Waals surface area contributed by atoms with Gasteiger partial charge in [0.25, 0.3) is 0 Å². The molecule has 0 amide bonds. The van der Waals surface area contributed by atoms with Gasteiger partial charge in [-0.2, -0.15) is 0 Å². The van der Waals surface area contributed by atoms with E-state index in [-0.39, 0.29) is 0 Å². The molecule has 124 valence electrons. The van der Waals surface area contributed by atoms with Gasteiger partial charge in [0.05, 0.1) is 16.9 Å². The third-order valence-electron chi connectivity index (χ3n) is 4.55. The Morgan fingerprint density at radius 3 is 2.64 bits per heavy atom. The van der Waals surface area contributed by atoms with Crippen LogP contribution in [0.3, 0.4) is 0 Å². The van der Waals surface area contributed by atoms with Crippen molar-refractivity contribution in [1.29, 1.82) is 5.41 Å². The topological polar surface area (TPSA) is 66.9 Å². The molecule has 0 saturated carbocycles. The van der Waals surface area contributed by atoms with E-state index in [4.69, 9.17) is 5.41 Å². The van der Waals surface area contributed by atoms with E-state index in [9.17, 15) is 0 Å². The van der Waals surface area contributed by atoms with Crippen LogP contribution < -0.4 is 0 Å². The first-order chi connectivity index (χ1) is 12.1. The van der Waals surface area contributed by atoms with Gasteiger partial charge >= 0.3 is 0 Å². The van der Waals surface area contributed by atoms with Gasteiger partial charge < -0.3 is 5.41 Å². The van der Waals surface area contributed by atoms with E-state index in [0.29, 0.717) is 12.1 Å². The van der Waals surface area contributed by atoms with Crippen molar-refractivity contribution in [3.8, 4) is 11.1 Å². The largest absolute Gasteiger partial charge is 0.303 e. The number of pyridine rings is 3. The Balaban J connectivity index is 1.99. The lowest BCUT2D eigenvalue weighted by Crippen LogP contribution is -2.02. The van der Waals surface area contributed by atoms with Gasteiger partial charge in [-0.05, 0) is 44.0 Å². The third-order valence-corrected chi connectivity index (χ3v) is 4.55. The summed E-state index contributed by atoms with van der Waals surface area (Å²) in [5.74, 6) is 0. The Bertz CT molecular complexity index is 1120. The molecule has 0 bridgehead atoms. The van der Waals surface area contributed by atoms with E-state index in [2.05, 4.69) is 38.4 Å². The molecule has 0 aliphatic heterocycles. The normalized spacial score (nSPS) is 11.3. The molecule has 0 saturated heterocycles. The lowest BCUT2D eigenvalue weighted by atomic mass is 10.0. The molecule has 0 spiro atoms. The van der Waals surface area contributed by atoms with Gasteiger partial charge in [0, 0.05) is 47.0 Å². The second kappa shape index (κ2) is 5.77. The summed E-state index contributed by atoms with van der Waals surface area (Å²) < 4.78 is 2.10. The van der Waals surface area contributed by atoms with Gasteiger partial charge in [-0.1, -0.05) is 6.92 Å². The van der Waals surface area contributed by atoms with Crippen molar-refractivity contribution in [2.24, 2.45) is 0 Å². The lowest BCUT2D eigenvalue weighted by Gasteiger charge is -2.12. The van der Waals surface area contributed by atoms with Crippen molar-refractivity contribution in [2.45, 2.75) is 27.2 Å². The molecular formula is C20H19N5. The first-order valence-electron chi connectivity index (χ1n) is 8.35. The van der Waals surface area contributed by atoms with Gasteiger partial charge in [0.15, 0.2) is 0 Å². The Morgan fingerprint density at radius 1 is 1.04 bits per heavy atom.